The molecule has 1 amide bonds. The average Bonchev–Trinajstić information content (AvgIpc) is 3.10. The maximum absolute atomic E-state index is 11.4. The summed E-state index contributed by atoms with van der Waals surface area (Å²) in [5, 5.41) is 27.7. The molecule has 0 aromatic carbocycles. The molecule has 0 spiro atoms. The predicted octanol–water partition coefficient (Wildman–Crippen LogP) is 4.65. The molecule has 4 heterocycles. The van der Waals surface area contributed by atoms with Crippen LogP contribution in [-0.4, -0.2) is 86.9 Å². The van der Waals surface area contributed by atoms with E-state index in [2.05, 4.69) is 25.3 Å². The summed E-state index contributed by atoms with van der Waals surface area (Å²) in [6.07, 6.45) is 8.17. The first-order valence-corrected chi connectivity index (χ1v) is 22.0. The standard InChI is InChI=1S/C12H18N2O4S.C7H10N2O2S.C7H6N2O2S.C6H3ClN2.C3H8O.2ClH/c1-12(2,3)18-11(15)14-8-9-5-6-13-10(7-9)19(4,16)17;2*1-12(10,11)7-4-6(5-8)2-3-9-7;7-6-3-5(4-8)1-2-9-6;1-3(2)4;;/h5-7H,8H2,1-4H3,(H,14,15);2-4H,5,8H2,1H3;2-4H,1H3;1-3H;3-4H,1-2H3;2*1H. The van der Waals surface area contributed by atoms with E-state index in [4.69, 9.17) is 37.7 Å². The normalized spacial score (nSPS) is 10.4. The fourth-order valence-corrected chi connectivity index (χ4v) is 5.19. The zero-order valence-corrected chi connectivity index (χ0v) is 37.7. The van der Waals surface area contributed by atoms with Gasteiger partial charge in [-0.15, -0.1) is 24.8 Å². The van der Waals surface area contributed by atoms with Crippen molar-refractivity contribution in [3.8, 4) is 12.1 Å². The first-order valence-electron chi connectivity index (χ1n) is 15.9. The fourth-order valence-electron chi connectivity index (χ4n) is 3.19. The minimum Gasteiger partial charge on any atom is -0.444 e. The summed E-state index contributed by atoms with van der Waals surface area (Å²) >= 11 is 5.46. The Kier molecular flexibility index (Phi) is 27.1. The number of aliphatic hydroxyl groups is 1. The van der Waals surface area contributed by atoms with Gasteiger partial charge in [0.2, 0.25) is 0 Å². The van der Waals surface area contributed by atoms with E-state index in [0.717, 1.165) is 24.3 Å². The number of nitrogens with zero attached hydrogens (tertiary/aromatic N) is 6. The topological polar surface area (TPSA) is 286 Å². The Morgan fingerprint density at radius 1 is 0.759 bits per heavy atom. The van der Waals surface area contributed by atoms with E-state index in [0.29, 0.717) is 28.4 Å². The summed E-state index contributed by atoms with van der Waals surface area (Å²) in [5.74, 6) is 0. The van der Waals surface area contributed by atoms with E-state index in [9.17, 15) is 30.0 Å². The van der Waals surface area contributed by atoms with E-state index in [1.54, 1.807) is 52.8 Å². The van der Waals surface area contributed by atoms with Crippen LogP contribution in [0.1, 0.15) is 56.9 Å². The molecule has 0 fully saturated rings. The van der Waals surface area contributed by atoms with Crippen LogP contribution >= 0.6 is 36.4 Å². The van der Waals surface area contributed by atoms with Gasteiger partial charge in [-0.25, -0.2) is 50.0 Å². The van der Waals surface area contributed by atoms with Crippen LogP contribution in [-0.2, 0) is 47.3 Å². The average molecular weight is 926 g/mol. The molecule has 0 atom stereocenters. The van der Waals surface area contributed by atoms with E-state index < -0.39 is 41.2 Å². The van der Waals surface area contributed by atoms with Gasteiger partial charge < -0.3 is 20.9 Å². The number of alkyl carbamates (subject to hydrolysis) is 1. The molecule has 320 valence electrons. The van der Waals surface area contributed by atoms with Gasteiger partial charge in [0.25, 0.3) is 0 Å². The third-order valence-electron chi connectivity index (χ3n) is 5.53. The lowest BCUT2D eigenvalue weighted by molar-refractivity contribution is 0.0523. The summed E-state index contributed by atoms with van der Waals surface area (Å²) in [6.45, 7) is 9.24. The van der Waals surface area contributed by atoms with Crippen molar-refractivity contribution < 1.29 is 39.9 Å². The number of nitriles is 2. The van der Waals surface area contributed by atoms with Crippen LogP contribution in [0.15, 0.2) is 88.4 Å². The van der Waals surface area contributed by atoms with Crippen LogP contribution < -0.4 is 11.1 Å². The third kappa shape index (κ3) is 27.2. The lowest BCUT2D eigenvalue weighted by Gasteiger charge is -2.19. The highest BCUT2D eigenvalue weighted by Gasteiger charge is 2.16. The Hall–Kier alpha value is -4.51. The van der Waals surface area contributed by atoms with Crippen LogP contribution in [0.3, 0.4) is 0 Å². The monoisotopic (exact) mass is 924 g/mol. The van der Waals surface area contributed by atoms with Crippen molar-refractivity contribution >= 4 is 72.0 Å². The van der Waals surface area contributed by atoms with Crippen LogP contribution in [0.25, 0.3) is 0 Å². The van der Waals surface area contributed by atoms with Crippen LogP contribution in [0.4, 0.5) is 4.79 Å². The number of nitrogens with one attached hydrogen (secondary N) is 1. The molecule has 23 heteroatoms. The Morgan fingerprint density at radius 3 is 1.48 bits per heavy atom. The SMILES string of the molecule is CC(C)(C)OC(=O)NCc1ccnc(S(C)(=O)=O)c1.CC(C)O.CS(=O)(=O)c1cc(C#N)ccn1.CS(=O)(=O)c1cc(CN)ccn1.Cl.Cl.N#Cc1ccnc(Cl)c1. The molecule has 4 rings (SSSR count). The molecule has 0 aliphatic rings. The van der Waals surface area contributed by atoms with Crippen LogP contribution in [0.2, 0.25) is 5.15 Å². The van der Waals surface area contributed by atoms with Gasteiger partial charge in [-0.2, -0.15) is 10.5 Å². The van der Waals surface area contributed by atoms with Crippen molar-refractivity contribution in [2.24, 2.45) is 5.73 Å². The number of ether oxygens (including phenoxy) is 1. The number of rotatable bonds is 6. The molecule has 17 nitrogen and oxygen atoms in total. The zero-order chi connectivity index (χ0) is 43.3. The van der Waals surface area contributed by atoms with Crippen molar-refractivity contribution in [3.63, 3.8) is 0 Å². The summed E-state index contributed by atoms with van der Waals surface area (Å²) in [5.41, 5.74) is 7.01. The number of amides is 1. The van der Waals surface area contributed by atoms with E-state index in [1.165, 1.54) is 55.1 Å². The van der Waals surface area contributed by atoms with Crippen molar-refractivity contribution in [1.82, 2.24) is 25.3 Å². The second kappa shape index (κ2) is 27.2. The molecule has 58 heavy (non-hydrogen) atoms. The number of pyridine rings is 4. The van der Waals surface area contributed by atoms with Gasteiger partial charge in [0, 0.05) is 62.7 Å². The molecule has 4 aromatic rings. The van der Waals surface area contributed by atoms with E-state index in [-0.39, 0.29) is 52.5 Å². The first kappa shape index (κ1) is 57.8. The van der Waals surface area contributed by atoms with Crippen LogP contribution in [0, 0.1) is 22.7 Å². The minimum absolute atomic E-state index is 0. The molecule has 0 aliphatic carbocycles. The number of carbonyl (C=O) groups excluding carboxylic acids is 1. The summed E-state index contributed by atoms with van der Waals surface area (Å²) in [4.78, 5) is 26.2. The molecule has 0 bridgehead atoms. The molecule has 0 aliphatic heterocycles. The van der Waals surface area contributed by atoms with Gasteiger partial charge in [-0.05, 0) is 94.3 Å². The number of nitrogens with two attached hydrogens (primary N) is 1. The number of carbonyl (C=O) groups is 1. The molecular formula is C35H47Cl3N8O9S3. The second-order valence-corrected chi connectivity index (χ2v) is 18.7. The molecule has 4 N–H and O–H groups in total. The number of aliphatic hydroxyl groups excluding tert-OH is 1. The van der Waals surface area contributed by atoms with Gasteiger partial charge in [-0.1, -0.05) is 11.6 Å². The Balaban J connectivity index is -0.000000686. The maximum atomic E-state index is 11.4. The number of halogens is 3. The summed E-state index contributed by atoms with van der Waals surface area (Å²) in [6, 6.07) is 15.8. The molecule has 0 radical (unpaired) electrons. The van der Waals surface area contributed by atoms with E-state index in [1.807, 2.05) is 12.1 Å². The number of sulfone groups is 3. The van der Waals surface area contributed by atoms with Crippen molar-refractivity contribution in [1.29, 1.82) is 10.5 Å². The highest BCUT2D eigenvalue weighted by atomic mass is 35.5. The summed E-state index contributed by atoms with van der Waals surface area (Å²) in [7, 11) is -9.85. The lowest BCUT2D eigenvalue weighted by Crippen LogP contribution is -2.32. The zero-order valence-electron chi connectivity index (χ0n) is 32.8. The predicted molar refractivity (Wildman–Crippen MR) is 224 cm³/mol. The van der Waals surface area contributed by atoms with Gasteiger partial charge in [-0.3, -0.25) is 0 Å². The van der Waals surface area contributed by atoms with E-state index >= 15 is 0 Å². The van der Waals surface area contributed by atoms with Gasteiger partial charge >= 0.3 is 6.09 Å². The van der Waals surface area contributed by atoms with Crippen molar-refractivity contribution in [2.45, 2.75) is 74.5 Å². The molecule has 0 saturated carbocycles. The van der Waals surface area contributed by atoms with Crippen LogP contribution in [0.5, 0.6) is 0 Å². The van der Waals surface area contributed by atoms with Gasteiger partial charge in [0.05, 0.1) is 23.3 Å². The van der Waals surface area contributed by atoms with Gasteiger partial charge in [0.15, 0.2) is 44.6 Å². The second-order valence-electron chi connectivity index (χ2n) is 12.4. The largest absolute Gasteiger partial charge is 0.444 e. The highest BCUT2D eigenvalue weighted by molar-refractivity contribution is 7.91. The molecule has 4 aromatic heterocycles. The Bertz CT molecular complexity index is 2310. The molecular weight excluding hydrogens is 879 g/mol. The van der Waals surface area contributed by atoms with Gasteiger partial charge in [0.1, 0.15) is 10.8 Å². The number of hydrogen-bond donors (Lipinski definition) is 3. The summed E-state index contributed by atoms with van der Waals surface area (Å²) < 4.78 is 71.6. The number of hydrogen-bond acceptors (Lipinski definition) is 16. The quantitative estimate of drug-likeness (QED) is 0.222. The molecule has 0 saturated heterocycles. The smallest absolute Gasteiger partial charge is 0.407 e. The Labute approximate surface area is 357 Å². The van der Waals surface area contributed by atoms with Crippen molar-refractivity contribution in [2.75, 3.05) is 18.8 Å². The fraction of sp³-hybridized carbons (Fsp3) is 0.343. The highest BCUT2D eigenvalue weighted by Crippen LogP contribution is 2.10. The lowest BCUT2D eigenvalue weighted by atomic mass is 10.2. The van der Waals surface area contributed by atoms with Crippen molar-refractivity contribution in [3.05, 3.63) is 101 Å². The molecule has 0 unspecified atom stereocenters. The first-order chi connectivity index (χ1) is 25.7. The third-order valence-corrected chi connectivity index (χ3v) is 8.69. The maximum Gasteiger partial charge on any atom is 0.407 e. The minimum atomic E-state index is -3.35. The number of aromatic nitrogens is 4. The Morgan fingerprint density at radius 2 is 1.12 bits per heavy atom.